The van der Waals surface area contributed by atoms with Crippen molar-refractivity contribution in [2.24, 2.45) is 0 Å². The zero-order valence-corrected chi connectivity index (χ0v) is 13.7. The van der Waals surface area contributed by atoms with E-state index < -0.39 is 6.04 Å². The van der Waals surface area contributed by atoms with E-state index in [4.69, 9.17) is 4.74 Å². The van der Waals surface area contributed by atoms with E-state index >= 15 is 0 Å². The SMILES string of the molecule is COC(=O)CC(NC(=O)c1ccsc1)c1cccc(Br)c1. The fourth-order valence-electron chi connectivity index (χ4n) is 1.86. The van der Waals surface area contributed by atoms with Gasteiger partial charge in [-0.2, -0.15) is 11.3 Å². The summed E-state index contributed by atoms with van der Waals surface area (Å²) < 4.78 is 5.59. The van der Waals surface area contributed by atoms with Crippen LogP contribution in [-0.4, -0.2) is 19.0 Å². The molecule has 0 aliphatic rings. The van der Waals surface area contributed by atoms with Gasteiger partial charge in [0, 0.05) is 9.85 Å². The fraction of sp³-hybridized carbons (Fsp3) is 0.200. The van der Waals surface area contributed by atoms with E-state index in [9.17, 15) is 9.59 Å². The molecule has 0 fully saturated rings. The third kappa shape index (κ3) is 4.41. The van der Waals surface area contributed by atoms with Gasteiger partial charge in [-0.15, -0.1) is 0 Å². The van der Waals surface area contributed by atoms with Crippen LogP contribution in [0.25, 0.3) is 0 Å². The van der Waals surface area contributed by atoms with Crippen LogP contribution in [0.4, 0.5) is 0 Å². The highest BCUT2D eigenvalue weighted by Gasteiger charge is 2.20. The number of hydrogen-bond acceptors (Lipinski definition) is 4. The lowest BCUT2D eigenvalue weighted by Crippen LogP contribution is -2.30. The van der Waals surface area contributed by atoms with E-state index in [-0.39, 0.29) is 18.3 Å². The van der Waals surface area contributed by atoms with Gasteiger partial charge in [-0.25, -0.2) is 0 Å². The van der Waals surface area contributed by atoms with Crippen molar-refractivity contribution in [2.75, 3.05) is 7.11 Å². The third-order valence-corrected chi connectivity index (χ3v) is 4.11. The fourth-order valence-corrected chi connectivity index (χ4v) is 2.91. The summed E-state index contributed by atoms with van der Waals surface area (Å²) in [5, 5.41) is 6.48. The summed E-state index contributed by atoms with van der Waals surface area (Å²) in [5.41, 5.74) is 1.43. The maximum absolute atomic E-state index is 12.2. The first kappa shape index (κ1) is 15.7. The largest absolute Gasteiger partial charge is 0.469 e. The lowest BCUT2D eigenvalue weighted by Gasteiger charge is -2.18. The summed E-state index contributed by atoms with van der Waals surface area (Å²) in [6, 6.07) is 8.81. The van der Waals surface area contributed by atoms with Gasteiger partial charge in [0.2, 0.25) is 0 Å². The van der Waals surface area contributed by atoms with Crippen molar-refractivity contribution in [3.05, 3.63) is 56.7 Å². The molecule has 1 N–H and O–H groups in total. The van der Waals surface area contributed by atoms with Gasteiger partial charge in [-0.05, 0) is 29.1 Å². The van der Waals surface area contributed by atoms with Crippen molar-refractivity contribution in [1.82, 2.24) is 5.32 Å². The molecule has 2 rings (SSSR count). The monoisotopic (exact) mass is 367 g/mol. The molecule has 1 atom stereocenters. The van der Waals surface area contributed by atoms with Crippen LogP contribution in [0.15, 0.2) is 45.6 Å². The van der Waals surface area contributed by atoms with Gasteiger partial charge >= 0.3 is 5.97 Å². The van der Waals surface area contributed by atoms with Gasteiger partial charge in [0.05, 0.1) is 25.1 Å². The Kier molecular flexibility index (Phi) is 5.52. The molecule has 0 aliphatic carbocycles. The Bertz CT molecular complexity index is 628. The summed E-state index contributed by atoms with van der Waals surface area (Å²) >= 11 is 4.84. The minimum atomic E-state index is -0.428. The maximum atomic E-state index is 12.2. The summed E-state index contributed by atoms with van der Waals surface area (Å²) in [6.45, 7) is 0. The number of carbonyl (C=O) groups excluding carboxylic acids is 2. The number of thiophene rings is 1. The highest BCUT2D eigenvalue weighted by atomic mass is 79.9. The second-order valence-electron chi connectivity index (χ2n) is 4.37. The molecule has 0 spiro atoms. The molecule has 6 heteroatoms. The summed E-state index contributed by atoms with van der Waals surface area (Å²) in [4.78, 5) is 23.7. The van der Waals surface area contributed by atoms with Crippen molar-refractivity contribution < 1.29 is 14.3 Å². The van der Waals surface area contributed by atoms with Gasteiger partial charge in [0.15, 0.2) is 0 Å². The molecular formula is C15H14BrNO3S. The topological polar surface area (TPSA) is 55.4 Å². The molecular weight excluding hydrogens is 354 g/mol. The van der Waals surface area contributed by atoms with Crippen LogP contribution in [0, 0.1) is 0 Å². The van der Waals surface area contributed by atoms with Crippen LogP contribution in [0.1, 0.15) is 28.4 Å². The zero-order chi connectivity index (χ0) is 15.2. The lowest BCUT2D eigenvalue weighted by molar-refractivity contribution is -0.141. The number of hydrogen-bond donors (Lipinski definition) is 1. The first-order valence-corrected chi connectivity index (χ1v) is 7.99. The van der Waals surface area contributed by atoms with E-state index in [0.29, 0.717) is 5.56 Å². The van der Waals surface area contributed by atoms with Gasteiger partial charge in [0.25, 0.3) is 5.91 Å². The maximum Gasteiger partial charge on any atom is 0.307 e. The molecule has 0 radical (unpaired) electrons. The lowest BCUT2D eigenvalue weighted by atomic mass is 10.0. The molecule has 110 valence electrons. The van der Waals surface area contributed by atoms with Crippen molar-refractivity contribution in [2.45, 2.75) is 12.5 Å². The minimum Gasteiger partial charge on any atom is -0.469 e. The summed E-state index contributed by atoms with van der Waals surface area (Å²) in [7, 11) is 1.33. The smallest absolute Gasteiger partial charge is 0.307 e. The van der Waals surface area contributed by atoms with Crippen LogP contribution < -0.4 is 5.32 Å². The molecule has 0 saturated heterocycles. The van der Waals surface area contributed by atoms with E-state index in [1.807, 2.05) is 29.6 Å². The van der Waals surface area contributed by atoms with Crippen molar-refractivity contribution >= 4 is 39.1 Å². The molecule has 1 aromatic carbocycles. The molecule has 1 aromatic heterocycles. The second-order valence-corrected chi connectivity index (χ2v) is 6.07. The molecule has 1 unspecified atom stereocenters. The number of methoxy groups -OCH3 is 1. The molecule has 21 heavy (non-hydrogen) atoms. The Labute approximate surface area is 135 Å². The number of benzene rings is 1. The van der Waals surface area contributed by atoms with Crippen LogP contribution >= 0.6 is 27.3 Å². The second kappa shape index (κ2) is 7.38. The third-order valence-electron chi connectivity index (χ3n) is 2.94. The molecule has 2 aromatic rings. The van der Waals surface area contributed by atoms with Gasteiger partial charge in [0.1, 0.15) is 0 Å². The first-order chi connectivity index (χ1) is 10.1. The molecule has 1 heterocycles. The van der Waals surface area contributed by atoms with E-state index in [1.165, 1.54) is 18.4 Å². The van der Waals surface area contributed by atoms with Crippen molar-refractivity contribution in [3.8, 4) is 0 Å². The van der Waals surface area contributed by atoms with Crippen LogP contribution in [-0.2, 0) is 9.53 Å². The Balaban J connectivity index is 2.19. The van der Waals surface area contributed by atoms with E-state index in [2.05, 4.69) is 21.2 Å². The molecule has 4 nitrogen and oxygen atoms in total. The number of amides is 1. The Morgan fingerprint density at radius 2 is 2.19 bits per heavy atom. The predicted octanol–water partition coefficient (Wildman–Crippen LogP) is 3.54. The Morgan fingerprint density at radius 1 is 1.38 bits per heavy atom. The highest BCUT2D eigenvalue weighted by Crippen LogP contribution is 2.22. The molecule has 0 aliphatic heterocycles. The zero-order valence-electron chi connectivity index (χ0n) is 11.3. The molecule has 1 amide bonds. The number of rotatable bonds is 5. The quantitative estimate of drug-likeness (QED) is 0.822. The van der Waals surface area contributed by atoms with E-state index in [0.717, 1.165) is 10.0 Å². The van der Waals surface area contributed by atoms with Crippen LogP contribution in [0.3, 0.4) is 0 Å². The number of ether oxygens (including phenoxy) is 1. The van der Waals surface area contributed by atoms with Crippen molar-refractivity contribution in [3.63, 3.8) is 0 Å². The Hall–Kier alpha value is -1.66. The number of carbonyl (C=O) groups is 2. The normalized spacial score (nSPS) is 11.7. The van der Waals surface area contributed by atoms with Gasteiger partial charge in [-0.3, -0.25) is 9.59 Å². The number of halogens is 1. The Morgan fingerprint density at radius 3 is 2.81 bits per heavy atom. The van der Waals surface area contributed by atoms with Crippen LogP contribution in [0.2, 0.25) is 0 Å². The summed E-state index contributed by atoms with van der Waals surface area (Å²) in [5.74, 6) is -0.573. The summed E-state index contributed by atoms with van der Waals surface area (Å²) in [6.07, 6.45) is 0.0861. The highest BCUT2D eigenvalue weighted by molar-refractivity contribution is 9.10. The standard InChI is InChI=1S/C15H14BrNO3S/c1-20-14(18)8-13(10-3-2-4-12(16)7-10)17-15(19)11-5-6-21-9-11/h2-7,9,13H,8H2,1H3,(H,17,19). The molecule has 0 saturated carbocycles. The first-order valence-electron chi connectivity index (χ1n) is 6.25. The average molecular weight is 368 g/mol. The minimum absolute atomic E-state index is 0.0861. The van der Waals surface area contributed by atoms with Gasteiger partial charge < -0.3 is 10.1 Å². The predicted molar refractivity (Wildman–Crippen MR) is 85.3 cm³/mol. The number of esters is 1. The van der Waals surface area contributed by atoms with Crippen molar-refractivity contribution in [1.29, 1.82) is 0 Å². The number of nitrogens with one attached hydrogen (secondary N) is 1. The van der Waals surface area contributed by atoms with Crippen LogP contribution in [0.5, 0.6) is 0 Å². The van der Waals surface area contributed by atoms with E-state index in [1.54, 1.807) is 11.4 Å². The molecule has 0 bridgehead atoms. The average Bonchev–Trinajstić information content (AvgIpc) is 3.00. The van der Waals surface area contributed by atoms with Gasteiger partial charge in [-0.1, -0.05) is 28.1 Å².